The Labute approximate surface area is 151 Å². The summed E-state index contributed by atoms with van der Waals surface area (Å²) in [7, 11) is 0. The summed E-state index contributed by atoms with van der Waals surface area (Å²) in [5, 5.41) is 0.979. The Morgan fingerprint density at radius 2 is 1.77 bits per heavy atom. The van der Waals surface area contributed by atoms with Gasteiger partial charge in [0.05, 0.1) is 0 Å². The normalized spacial score (nSPS) is 13.0. The van der Waals surface area contributed by atoms with Crippen molar-refractivity contribution in [3.8, 4) is 5.75 Å². The topological polar surface area (TPSA) is 56.5 Å². The third-order valence-electron chi connectivity index (χ3n) is 5.07. The minimum Gasteiger partial charge on any atom is -0.485 e. The van der Waals surface area contributed by atoms with Crippen molar-refractivity contribution >= 4 is 16.8 Å². The van der Waals surface area contributed by atoms with Gasteiger partial charge in [0, 0.05) is 22.1 Å². The molecule has 0 saturated carbocycles. The maximum Gasteiger partial charge on any atom is 0.339 e. The number of carbonyl (C=O) groups excluding carboxylic acids is 1. The zero-order valence-electron chi connectivity index (χ0n) is 14.9. The van der Waals surface area contributed by atoms with Crippen molar-refractivity contribution < 1.29 is 13.9 Å². The van der Waals surface area contributed by atoms with Crippen LogP contribution in [-0.4, -0.2) is 12.4 Å². The average molecular weight is 348 g/mol. The number of hydrogen-bond acceptors (Lipinski definition) is 4. The molecule has 0 N–H and O–H groups in total. The first-order valence-electron chi connectivity index (χ1n) is 8.85. The van der Waals surface area contributed by atoms with Crippen LogP contribution in [0.5, 0.6) is 5.75 Å². The molecule has 3 aromatic rings. The summed E-state index contributed by atoms with van der Waals surface area (Å²) >= 11 is 0. The Balaban J connectivity index is 1.62. The van der Waals surface area contributed by atoms with Gasteiger partial charge in [-0.05, 0) is 50.8 Å². The number of hydrogen-bond donors (Lipinski definition) is 0. The van der Waals surface area contributed by atoms with Gasteiger partial charge in [0.2, 0.25) is 0 Å². The molecule has 1 aliphatic rings. The molecule has 1 aliphatic carbocycles. The smallest absolute Gasteiger partial charge is 0.339 e. The fourth-order valence-electron chi connectivity index (χ4n) is 3.59. The van der Waals surface area contributed by atoms with Gasteiger partial charge in [-0.15, -0.1) is 0 Å². The Bertz CT molecular complexity index is 1060. The largest absolute Gasteiger partial charge is 0.485 e. The minimum atomic E-state index is -0.249. The predicted molar refractivity (Wildman–Crippen MR) is 100 cm³/mol. The van der Waals surface area contributed by atoms with Crippen LogP contribution in [0.2, 0.25) is 0 Å². The summed E-state index contributed by atoms with van der Waals surface area (Å²) in [5.41, 5.74) is 4.71. The fraction of sp³-hybridized carbons (Fsp3) is 0.273. The molecular weight excluding hydrogens is 328 g/mol. The van der Waals surface area contributed by atoms with Crippen LogP contribution in [0.4, 0.5) is 0 Å². The van der Waals surface area contributed by atoms with Crippen molar-refractivity contribution in [2.45, 2.75) is 33.1 Å². The zero-order chi connectivity index (χ0) is 18.3. The van der Waals surface area contributed by atoms with E-state index in [4.69, 9.17) is 9.15 Å². The summed E-state index contributed by atoms with van der Waals surface area (Å²) in [5.74, 6) is 0.485. The Morgan fingerprint density at radius 3 is 2.54 bits per heavy atom. The maximum absolute atomic E-state index is 12.3. The molecular formula is C22H20O4. The Kier molecular flexibility index (Phi) is 4.11. The van der Waals surface area contributed by atoms with Crippen molar-refractivity contribution in [3.05, 3.63) is 74.6 Å². The summed E-state index contributed by atoms with van der Waals surface area (Å²) in [6, 6.07) is 11.2. The van der Waals surface area contributed by atoms with E-state index in [9.17, 15) is 9.59 Å². The van der Waals surface area contributed by atoms with Crippen LogP contribution in [0, 0.1) is 13.8 Å². The van der Waals surface area contributed by atoms with Crippen LogP contribution >= 0.6 is 0 Å². The second kappa shape index (κ2) is 6.45. The van der Waals surface area contributed by atoms with E-state index in [-0.39, 0.29) is 18.0 Å². The van der Waals surface area contributed by atoms with E-state index in [0.717, 1.165) is 46.9 Å². The van der Waals surface area contributed by atoms with Crippen LogP contribution in [0.3, 0.4) is 0 Å². The molecule has 0 saturated heterocycles. The lowest BCUT2D eigenvalue weighted by Crippen LogP contribution is -2.12. The number of ketones is 1. The fourth-order valence-corrected chi connectivity index (χ4v) is 3.59. The molecule has 0 amide bonds. The van der Waals surface area contributed by atoms with E-state index in [2.05, 4.69) is 0 Å². The van der Waals surface area contributed by atoms with Crippen molar-refractivity contribution in [2.75, 3.05) is 6.61 Å². The third kappa shape index (κ3) is 2.81. The first-order chi connectivity index (χ1) is 12.5. The molecule has 1 aromatic heterocycles. The van der Waals surface area contributed by atoms with Gasteiger partial charge in [-0.1, -0.05) is 29.8 Å². The van der Waals surface area contributed by atoms with E-state index >= 15 is 0 Å². The summed E-state index contributed by atoms with van der Waals surface area (Å²) in [6.07, 6.45) is 2.68. The molecule has 0 fully saturated rings. The number of aryl methyl sites for hydroxylation is 3. The number of rotatable bonds is 4. The van der Waals surface area contributed by atoms with Gasteiger partial charge >= 0.3 is 5.63 Å². The van der Waals surface area contributed by atoms with Crippen molar-refractivity contribution in [3.63, 3.8) is 0 Å². The van der Waals surface area contributed by atoms with Crippen LogP contribution < -0.4 is 10.4 Å². The summed E-state index contributed by atoms with van der Waals surface area (Å²) in [6.45, 7) is 3.79. The second-order valence-corrected chi connectivity index (χ2v) is 6.84. The van der Waals surface area contributed by atoms with Crippen LogP contribution in [0.1, 0.15) is 39.0 Å². The van der Waals surface area contributed by atoms with E-state index in [1.165, 1.54) is 0 Å². The van der Waals surface area contributed by atoms with Gasteiger partial charge in [-0.3, -0.25) is 4.79 Å². The summed E-state index contributed by atoms with van der Waals surface area (Å²) in [4.78, 5) is 24.5. The molecule has 4 nitrogen and oxygen atoms in total. The number of carbonyl (C=O) groups is 1. The van der Waals surface area contributed by atoms with Crippen molar-refractivity contribution in [1.29, 1.82) is 0 Å². The van der Waals surface area contributed by atoms with Crippen molar-refractivity contribution in [2.24, 2.45) is 0 Å². The molecule has 26 heavy (non-hydrogen) atoms. The van der Waals surface area contributed by atoms with Gasteiger partial charge in [0.25, 0.3) is 0 Å². The lowest BCUT2D eigenvalue weighted by Gasteiger charge is -2.12. The molecule has 132 valence electrons. The zero-order valence-corrected chi connectivity index (χ0v) is 14.9. The van der Waals surface area contributed by atoms with Gasteiger partial charge in [0.1, 0.15) is 11.3 Å². The van der Waals surface area contributed by atoms with E-state index in [1.54, 1.807) is 12.1 Å². The Hall–Kier alpha value is -2.88. The van der Waals surface area contributed by atoms with Crippen molar-refractivity contribution in [1.82, 2.24) is 0 Å². The summed E-state index contributed by atoms with van der Waals surface area (Å²) < 4.78 is 11.3. The second-order valence-electron chi connectivity index (χ2n) is 6.84. The monoisotopic (exact) mass is 348 g/mol. The molecule has 4 heteroatoms. The minimum absolute atomic E-state index is 0.0510. The molecule has 0 atom stereocenters. The Morgan fingerprint density at radius 1 is 1.04 bits per heavy atom. The highest BCUT2D eigenvalue weighted by Gasteiger charge is 2.21. The van der Waals surface area contributed by atoms with E-state index < -0.39 is 0 Å². The first kappa shape index (κ1) is 16.6. The molecule has 4 rings (SSSR count). The number of ether oxygens (including phenoxy) is 1. The predicted octanol–water partition coefficient (Wildman–Crippen LogP) is 4.16. The quantitative estimate of drug-likeness (QED) is 0.525. The molecule has 0 aliphatic heterocycles. The maximum atomic E-state index is 12.3. The lowest BCUT2D eigenvalue weighted by atomic mass is 10.0. The van der Waals surface area contributed by atoms with Gasteiger partial charge in [-0.2, -0.15) is 0 Å². The first-order valence-corrected chi connectivity index (χ1v) is 8.85. The standard InChI is InChI=1S/C22H20O4/c1-13-6-8-15(9-7-13)19(23)12-25-20-11-10-17-16-4-3-5-18(16)22(24)26-21(17)14(20)2/h6-11H,3-5,12H2,1-2H3. The third-order valence-corrected chi connectivity index (χ3v) is 5.07. The van der Waals surface area contributed by atoms with E-state index in [1.807, 2.05) is 38.1 Å². The SMILES string of the molecule is Cc1ccc(C(=O)COc2ccc3c4c(c(=O)oc3c2C)CCC4)cc1. The van der Waals surface area contributed by atoms with Crippen LogP contribution in [0.15, 0.2) is 45.6 Å². The molecule has 2 aromatic carbocycles. The highest BCUT2D eigenvalue weighted by molar-refractivity contribution is 5.97. The van der Waals surface area contributed by atoms with E-state index in [0.29, 0.717) is 16.9 Å². The van der Waals surface area contributed by atoms with Crippen LogP contribution in [-0.2, 0) is 12.8 Å². The molecule has 1 heterocycles. The number of benzene rings is 2. The lowest BCUT2D eigenvalue weighted by molar-refractivity contribution is 0.0921. The molecule has 0 radical (unpaired) electrons. The number of Topliss-reactive ketones (excluding diaryl/α,β-unsaturated/α-hetero) is 1. The van der Waals surface area contributed by atoms with Gasteiger partial charge in [0.15, 0.2) is 12.4 Å². The van der Waals surface area contributed by atoms with Gasteiger partial charge < -0.3 is 9.15 Å². The van der Waals surface area contributed by atoms with Crippen LogP contribution in [0.25, 0.3) is 11.0 Å². The molecule has 0 bridgehead atoms. The highest BCUT2D eigenvalue weighted by atomic mass is 16.5. The van der Waals surface area contributed by atoms with Gasteiger partial charge in [-0.25, -0.2) is 4.79 Å². The molecule has 0 spiro atoms. The highest BCUT2D eigenvalue weighted by Crippen LogP contribution is 2.33. The number of fused-ring (bicyclic) bond motifs is 3. The average Bonchev–Trinajstić information content (AvgIpc) is 3.13. The molecule has 0 unspecified atom stereocenters.